The molecule has 0 aliphatic rings. The van der Waals surface area contributed by atoms with E-state index >= 15 is 0 Å². The molecule has 0 saturated heterocycles. The second kappa shape index (κ2) is 5.23. The van der Waals surface area contributed by atoms with Crippen molar-refractivity contribution < 1.29 is 19.0 Å². The van der Waals surface area contributed by atoms with Crippen LogP contribution in [0.3, 0.4) is 0 Å². The number of benzene rings is 1. The Morgan fingerprint density at radius 2 is 2.00 bits per heavy atom. The second-order valence-corrected chi connectivity index (χ2v) is 3.84. The molecule has 2 unspecified atom stereocenters. The summed E-state index contributed by atoms with van der Waals surface area (Å²) >= 11 is 3.21. The van der Waals surface area contributed by atoms with Gasteiger partial charge >= 0.3 is 5.97 Å². The number of rotatable bonds is 3. The number of carbonyl (C=O) groups is 1. The van der Waals surface area contributed by atoms with Gasteiger partial charge < -0.3 is 9.84 Å². The number of ether oxygens (including phenoxy) is 1. The molecule has 0 aliphatic carbocycles. The molecule has 5 heteroatoms. The van der Waals surface area contributed by atoms with Gasteiger partial charge in [0.2, 0.25) is 6.17 Å². The predicted molar refractivity (Wildman–Crippen MR) is 56.0 cm³/mol. The third-order valence-corrected chi connectivity index (χ3v) is 2.44. The summed E-state index contributed by atoms with van der Waals surface area (Å²) in [7, 11) is 1.07. The standard InChI is InChI=1S/C10H10BrFO3/c1-15-10(14)8(12)9(13)6-2-4-7(11)5-3-6/h2-5,8-9,13H,1H3. The molecule has 0 aliphatic heterocycles. The predicted octanol–water partition coefficient (Wildman–Crippen LogP) is 1.99. The molecule has 15 heavy (non-hydrogen) atoms. The Hall–Kier alpha value is -0.940. The highest BCUT2D eigenvalue weighted by Crippen LogP contribution is 2.22. The zero-order valence-electron chi connectivity index (χ0n) is 7.98. The average Bonchev–Trinajstić information content (AvgIpc) is 2.27. The summed E-state index contributed by atoms with van der Waals surface area (Å²) in [6, 6.07) is 6.37. The molecular formula is C10H10BrFO3. The van der Waals surface area contributed by atoms with Gasteiger partial charge in [-0.2, -0.15) is 0 Å². The number of alkyl halides is 1. The van der Waals surface area contributed by atoms with E-state index in [9.17, 15) is 14.3 Å². The van der Waals surface area contributed by atoms with E-state index in [2.05, 4.69) is 20.7 Å². The van der Waals surface area contributed by atoms with Gasteiger partial charge in [-0.3, -0.25) is 0 Å². The van der Waals surface area contributed by atoms with Crippen molar-refractivity contribution in [1.82, 2.24) is 0 Å². The Bertz CT molecular complexity index is 339. The number of aliphatic hydroxyl groups is 1. The summed E-state index contributed by atoms with van der Waals surface area (Å²) < 4.78 is 18.2. The van der Waals surface area contributed by atoms with E-state index in [1.165, 1.54) is 12.1 Å². The fourth-order valence-electron chi connectivity index (χ4n) is 1.07. The maximum Gasteiger partial charge on any atom is 0.343 e. The van der Waals surface area contributed by atoms with Gasteiger partial charge in [0, 0.05) is 4.47 Å². The molecule has 0 heterocycles. The summed E-state index contributed by atoms with van der Waals surface area (Å²) in [6.07, 6.45) is -3.55. The van der Waals surface area contributed by atoms with Gasteiger partial charge in [-0.15, -0.1) is 0 Å². The molecule has 2 atom stereocenters. The van der Waals surface area contributed by atoms with E-state index in [-0.39, 0.29) is 0 Å². The Morgan fingerprint density at radius 1 is 1.47 bits per heavy atom. The molecule has 0 spiro atoms. The minimum atomic E-state index is -2.06. The number of halogens is 2. The molecule has 0 aromatic heterocycles. The molecule has 1 aromatic carbocycles. The highest BCUT2D eigenvalue weighted by atomic mass is 79.9. The van der Waals surface area contributed by atoms with Crippen LogP contribution in [0.2, 0.25) is 0 Å². The first-order valence-electron chi connectivity index (χ1n) is 4.21. The van der Waals surface area contributed by atoms with Gasteiger partial charge in [-0.1, -0.05) is 28.1 Å². The van der Waals surface area contributed by atoms with E-state index in [1.807, 2.05) is 0 Å². The highest BCUT2D eigenvalue weighted by molar-refractivity contribution is 9.10. The summed E-state index contributed by atoms with van der Waals surface area (Å²) in [4.78, 5) is 10.8. The number of hydrogen-bond donors (Lipinski definition) is 1. The van der Waals surface area contributed by atoms with Crippen LogP contribution in [0, 0.1) is 0 Å². The molecule has 0 saturated carbocycles. The maximum atomic E-state index is 13.2. The zero-order chi connectivity index (χ0) is 11.4. The van der Waals surface area contributed by atoms with Gasteiger partial charge in [0.15, 0.2) is 0 Å². The first kappa shape index (κ1) is 12.1. The van der Waals surface area contributed by atoms with Gasteiger partial charge in [-0.05, 0) is 17.7 Å². The fourth-order valence-corrected chi connectivity index (χ4v) is 1.33. The number of hydrogen-bond acceptors (Lipinski definition) is 3. The molecule has 0 amide bonds. The molecular weight excluding hydrogens is 267 g/mol. The van der Waals surface area contributed by atoms with Gasteiger partial charge in [0.05, 0.1) is 7.11 Å². The first-order valence-corrected chi connectivity index (χ1v) is 5.01. The smallest absolute Gasteiger partial charge is 0.343 e. The third-order valence-electron chi connectivity index (χ3n) is 1.92. The Morgan fingerprint density at radius 3 is 2.47 bits per heavy atom. The molecule has 1 rings (SSSR count). The van der Waals surface area contributed by atoms with Crippen molar-refractivity contribution in [3.05, 3.63) is 34.3 Å². The number of esters is 1. The van der Waals surface area contributed by atoms with Crippen LogP contribution in [0.4, 0.5) is 4.39 Å². The Labute approximate surface area is 95.0 Å². The lowest BCUT2D eigenvalue weighted by molar-refractivity contribution is -0.151. The lowest BCUT2D eigenvalue weighted by atomic mass is 10.1. The quantitative estimate of drug-likeness (QED) is 0.859. The summed E-state index contributed by atoms with van der Waals surface area (Å²) in [5, 5.41) is 9.49. The van der Waals surface area contributed by atoms with Crippen LogP contribution in [-0.2, 0) is 9.53 Å². The Kier molecular flexibility index (Phi) is 4.23. The van der Waals surface area contributed by atoms with Gasteiger partial charge in [-0.25, -0.2) is 9.18 Å². The molecule has 0 bridgehead atoms. The molecule has 1 N–H and O–H groups in total. The summed E-state index contributed by atoms with van der Waals surface area (Å²) in [6.45, 7) is 0. The van der Waals surface area contributed by atoms with Crippen molar-refractivity contribution in [3.8, 4) is 0 Å². The number of aliphatic hydroxyl groups excluding tert-OH is 1. The van der Waals surface area contributed by atoms with Gasteiger partial charge in [0.1, 0.15) is 6.10 Å². The molecule has 3 nitrogen and oxygen atoms in total. The SMILES string of the molecule is COC(=O)C(F)C(O)c1ccc(Br)cc1. The average molecular weight is 277 g/mol. The number of methoxy groups -OCH3 is 1. The van der Waals surface area contributed by atoms with E-state index < -0.39 is 18.2 Å². The van der Waals surface area contributed by atoms with E-state index in [0.29, 0.717) is 5.56 Å². The van der Waals surface area contributed by atoms with Crippen molar-refractivity contribution in [2.75, 3.05) is 7.11 Å². The topological polar surface area (TPSA) is 46.5 Å². The van der Waals surface area contributed by atoms with Crippen molar-refractivity contribution in [2.45, 2.75) is 12.3 Å². The lowest BCUT2D eigenvalue weighted by Crippen LogP contribution is -2.24. The fraction of sp³-hybridized carbons (Fsp3) is 0.300. The zero-order valence-corrected chi connectivity index (χ0v) is 9.57. The van der Waals surface area contributed by atoms with Crippen LogP contribution in [0.15, 0.2) is 28.7 Å². The normalized spacial score (nSPS) is 14.4. The molecule has 0 radical (unpaired) electrons. The number of carbonyl (C=O) groups excluding carboxylic acids is 1. The van der Waals surface area contributed by atoms with E-state index in [1.54, 1.807) is 12.1 Å². The largest absolute Gasteiger partial charge is 0.467 e. The second-order valence-electron chi connectivity index (χ2n) is 2.92. The molecule has 82 valence electrons. The van der Waals surface area contributed by atoms with Crippen LogP contribution >= 0.6 is 15.9 Å². The highest BCUT2D eigenvalue weighted by Gasteiger charge is 2.28. The van der Waals surface area contributed by atoms with Crippen molar-refractivity contribution >= 4 is 21.9 Å². The lowest BCUT2D eigenvalue weighted by Gasteiger charge is -2.13. The van der Waals surface area contributed by atoms with Crippen molar-refractivity contribution in [1.29, 1.82) is 0 Å². The minimum absolute atomic E-state index is 0.330. The van der Waals surface area contributed by atoms with Crippen molar-refractivity contribution in [2.24, 2.45) is 0 Å². The van der Waals surface area contributed by atoms with Crippen LogP contribution in [0.25, 0.3) is 0 Å². The monoisotopic (exact) mass is 276 g/mol. The Balaban J connectivity index is 2.80. The van der Waals surface area contributed by atoms with Gasteiger partial charge in [0.25, 0.3) is 0 Å². The van der Waals surface area contributed by atoms with E-state index in [0.717, 1.165) is 11.6 Å². The van der Waals surface area contributed by atoms with Crippen LogP contribution < -0.4 is 0 Å². The van der Waals surface area contributed by atoms with Crippen LogP contribution in [-0.4, -0.2) is 24.4 Å². The van der Waals surface area contributed by atoms with Crippen LogP contribution in [0.5, 0.6) is 0 Å². The maximum absolute atomic E-state index is 13.2. The van der Waals surface area contributed by atoms with Crippen LogP contribution in [0.1, 0.15) is 11.7 Å². The first-order chi connectivity index (χ1) is 7.06. The molecule has 0 fully saturated rings. The summed E-state index contributed by atoms with van der Waals surface area (Å²) in [5.41, 5.74) is 0.330. The third kappa shape index (κ3) is 3.00. The summed E-state index contributed by atoms with van der Waals surface area (Å²) in [5.74, 6) is -1.08. The minimum Gasteiger partial charge on any atom is -0.467 e. The molecule has 1 aromatic rings. The van der Waals surface area contributed by atoms with Crippen molar-refractivity contribution in [3.63, 3.8) is 0 Å². The van der Waals surface area contributed by atoms with E-state index in [4.69, 9.17) is 0 Å².